The van der Waals surface area contributed by atoms with Gasteiger partial charge >= 0.3 is 6.61 Å². The van der Waals surface area contributed by atoms with Gasteiger partial charge in [-0.15, -0.1) is 0 Å². The molecule has 1 aliphatic rings. The molecule has 27 heavy (non-hydrogen) atoms. The van der Waals surface area contributed by atoms with Crippen molar-refractivity contribution in [3.8, 4) is 5.75 Å². The first-order chi connectivity index (χ1) is 13.0. The molecule has 0 radical (unpaired) electrons. The van der Waals surface area contributed by atoms with E-state index >= 15 is 0 Å². The number of anilines is 1. The molecule has 1 heterocycles. The number of amides is 1. The summed E-state index contributed by atoms with van der Waals surface area (Å²) in [4.78, 5) is 12.5. The summed E-state index contributed by atoms with van der Waals surface area (Å²) in [5, 5.41) is 7.65. The minimum Gasteiger partial charge on any atom is -0.433 e. The van der Waals surface area contributed by atoms with E-state index < -0.39 is 18.3 Å². The fourth-order valence-corrected chi connectivity index (χ4v) is 3.12. The van der Waals surface area contributed by atoms with E-state index in [1.807, 2.05) is 0 Å². The van der Waals surface area contributed by atoms with Crippen LogP contribution in [-0.2, 0) is 0 Å². The Balaban J connectivity index is 1.74. The highest BCUT2D eigenvalue weighted by molar-refractivity contribution is 6.08. The van der Waals surface area contributed by atoms with Crippen LogP contribution in [0.3, 0.4) is 0 Å². The van der Waals surface area contributed by atoms with Gasteiger partial charge in [-0.25, -0.2) is 4.39 Å². The lowest BCUT2D eigenvalue weighted by atomic mass is 9.93. The van der Waals surface area contributed by atoms with Crippen molar-refractivity contribution in [2.45, 2.75) is 31.9 Å². The predicted molar refractivity (Wildman–Crippen MR) is 93.6 cm³/mol. The predicted octanol–water partition coefficient (Wildman–Crippen LogP) is 4.75. The van der Waals surface area contributed by atoms with Gasteiger partial charge in [-0.3, -0.25) is 9.48 Å². The summed E-state index contributed by atoms with van der Waals surface area (Å²) in [6, 6.07) is 9.89. The van der Waals surface area contributed by atoms with Gasteiger partial charge in [-0.1, -0.05) is 6.07 Å². The van der Waals surface area contributed by atoms with Gasteiger partial charge in [0.1, 0.15) is 11.3 Å². The highest BCUT2D eigenvalue weighted by atomic mass is 19.3. The normalized spacial score (nSPS) is 14.4. The first-order valence-electron chi connectivity index (χ1n) is 8.56. The molecule has 0 atom stereocenters. The van der Waals surface area contributed by atoms with Crippen molar-refractivity contribution < 1.29 is 22.7 Å². The van der Waals surface area contributed by atoms with Crippen LogP contribution in [0.1, 0.15) is 35.7 Å². The largest absolute Gasteiger partial charge is 0.433 e. The van der Waals surface area contributed by atoms with Crippen LogP contribution in [0.5, 0.6) is 5.75 Å². The van der Waals surface area contributed by atoms with Gasteiger partial charge in [0, 0.05) is 10.9 Å². The van der Waals surface area contributed by atoms with Crippen molar-refractivity contribution in [1.29, 1.82) is 0 Å². The van der Waals surface area contributed by atoms with Gasteiger partial charge < -0.3 is 10.1 Å². The SMILES string of the molecule is O=C(Nc1nn(C2CCC2)c2c(OC(F)F)cccc12)c1ccc(F)cc1. The molecule has 3 aromatic rings. The van der Waals surface area contributed by atoms with Crippen LogP contribution in [0.15, 0.2) is 42.5 Å². The zero-order valence-corrected chi connectivity index (χ0v) is 14.2. The molecule has 1 aromatic heterocycles. The van der Waals surface area contributed by atoms with Crippen molar-refractivity contribution >= 4 is 22.6 Å². The van der Waals surface area contributed by atoms with Crippen LogP contribution in [0.2, 0.25) is 0 Å². The summed E-state index contributed by atoms with van der Waals surface area (Å²) in [6.07, 6.45) is 2.79. The van der Waals surface area contributed by atoms with E-state index in [2.05, 4.69) is 15.2 Å². The summed E-state index contributed by atoms with van der Waals surface area (Å²) in [6.45, 7) is -2.96. The van der Waals surface area contributed by atoms with Crippen LogP contribution in [0.4, 0.5) is 19.0 Å². The molecule has 1 fully saturated rings. The third-order valence-corrected chi connectivity index (χ3v) is 4.67. The number of hydrogen-bond donors (Lipinski definition) is 1. The van der Waals surface area contributed by atoms with Crippen LogP contribution in [0, 0.1) is 5.82 Å². The summed E-state index contributed by atoms with van der Waals surface area (Å²) < 4.78 is 44.9. The number of ether oxygens (including phenoxy) is 1. The minimum absolute atomic E-state index is 0.0178. The van der Waals surface area contributed by atoms with Gasteiger partial charge in [0.25, 0.3) is 5.91 Å². The number of hydrogen-bond acceptors (Lipinski definition) is 3. The maximum Gasteiger partial charge on any atom is 0.387 e. The molecule has 4 rings (SSSR count). The smallest absolute Gasteiger partial charge is 0.387 e. The zero-order chi connectivity index (χ0) is 19.0. The van der Waals surface area contributed by atoms with Crippen LogP contribution >= 0.6 is 0 Å². The van der Waals surface area contributed by atoms with E-state index in [-0.39, 0.29) is 23.2 Å². The number of para-hydroxylation sites is 1. The van der Waals surface area contributed by atoms with E-state index in [0.717, 1.165) is 19.3 Å². The quantitative estimate of drug-likeness (QED) is 0.700. The van der Waals surface area contributed by atoms with Crippen LogP contribution < -0.4 is 10.1 Å². The maximum absolute atomic E-state index is 13.0. The summed E-state index contributed by atoms with van der Waals surface area (Å²) in [5.41, 5.74) is 0.694. The maximum atomic E-state index is 13.0. The number of benzene rings is 2. The molecule has 0 saturated heterocycles. The highest BCUT2D eigenvalue weighted by Gasteiger charge is 2.27. The van der Waals surface area contributed by atoms with Crippen molar-refractivity contribution in [1.82, 2.24) is 9.78 Å². The second-order valence-electron chi connectivity index (χ2n) is 6.37. The highest BCUT2D eigenvalue weighted by Crippen LogP contribution is 2.39. The molecule has 140 valence electrons. The molecule has 1 amide bonds. The van der Waals surface area contributed by atoms with Crippen LogP contribution in [0.25, 0.3) is 10.9 Å². The molecule has 0 aliphatic heterocycles. The Kier molecular flexibility index (Phi) is 4.47. The monoisotopic (exact) mass is 375 g/mol. The van der Waals surface area contributed by atoms with Gasteiger partial charge in [-0.05, 0) is 55.7 Å². The number of rotatable bonds is 5. The average molecular weight is 375 g/mol. The molecule has 5 nitrogen and oxygen atoms in total. The molecule has 0 unspecified atom stereocenters. The Morgan fingerprint density at radius 2 is 1.93 bits per heavy atom. The third-order valence-electron chi connectivity index (χ3n) is 4.67. The Labute approximate surface area is 152 Å². The Hall–Kier alpha value is -3.03. The number of fused-ring (bicyclic) bond motifs is 1. The van der Waals surface area contributed by atoms with Gasteiger partial charge in [0.2, 0.25) is 0 Å². The number of nitrogens with one attached hydrogen (secondary N) is 1. The van der Waals surface area contributed by atoms with E-state index in [4.69, 9.17) is 0 Å². The van der Waals surface area contributed by atoms with Crippen molar-refractivity contribution in [2.75, 3.05) is 5.32 Å². The number of carbonyl (C=O) groups is 1. The molecule has 1 aliphatic carbocycles. The molecule has 1 N–H and O–H groups in total. The molecule has 0 spiro atoms. The lowest BCUT2D eigenvalue weighted by Crippen LogP contribution is -2.19. The average Bonchev–Trinajstić information content (AvgIpc) is 2.93. The lowest BCUT2D eigenvalue weighted by molar-refractivity contribution is -0.0491. The second kappa shape index (κ2) is 6.94. The number of aromatic nitrogens is 2. The van der Waals surface area contributed by atoms with E-state index in [0.29, 0.717) is 10.9 Å². The molecular weight excluding hydrogens is 359 g/mol. The number of alkyl halides is 2. The summed E-state index contributed by atoms with van der Waals surface area (Å²) in [5.74, 6) is -0.634. The minimum atomic E-state index is -2.96. The first kappa shape index (κ1) is 17.4. The fraction of sp³-hybridized carbons (Fsp3) is 0.263. The Morgan fingerprint density at radius 1 is 1.19 bits per heavy atom. The lowest BCUT2D eigenvalue weighted by Gasteiger charge is -2.26. The number of nitrogens with zero attached hydrogens (tertiary/aromatic N) is 2. The molecule has 2 aromatic carbocycles. The molecule has 0 bridgehead atoms. The van der Waals surface area contributed by atoms with Gasteiger partial charge in [0.05, 0.1) is 6.04 Å². The van der Waals surface area contributed by atoms with E-state index in [1.165, 1.54) is 30.3 Å². The second-order valence-corrected chi connectivity index (χ2v) is 6.37. The number of halogens is 3. The Morgan fingerprint density at radius 3 is 2.56 bits per heavy atom. The molecule has 1 saturated carbocycles. The van der Waals surface area contributed by atoms with Crippen molar-refractivity contribution in [3.63, 3.8) is 0 Å². The standard InChI is InChI=1S/C19H16F3N3O2/c20-12-9-7-11(8-10-12)18(26)23-17-14-5-2-6-15(27-19(21)22)16(14)25(24-17)13-3-1-4-13/h2,5-10,13,19H,1,3-4H2,(H,23,24,26). The fourth-order valence-electron chi connectivity index (χ4n) is 3.12. The van der Waals surface area contributed by atoms with Gasteiger partial charge in [0.15, 0.2) is 11.6 Å². The zero-order valence-electron chi connectivity index (χ0n) is 14.2. The first-order valence-corrected chi connectivity index (χ1v) is 8.56. The molecule has 8 heteroatoms. The summed E-state index contributed by atoms with van der Waals surface area (Å²) in [7, 11) is 0. The topological polar surface area (TPSA) is 56.2 Å². The van der Waals surface area contributed by atoms with Crippen molar-refractivity contribution in [2.24, 2.45) is 0 Å². The molecular formula is C19H16F3N3O2. The summed E-state index contributed by atoms with van der Waals surface area (Å²) >= 11 is 0. The van der Waals surface area contributed by atoms with Gasteiger partial charge in [-0.2, -0.15) is 13.9 Å². The van der Waals surface area contributed by atoms with Crippen molar-refractivity contribution in [3.05, 3.63) is 53.8 Å². The third kappa shape index (κ3) is 3.34. The van der Waals surface area contributed by atoms with E-state index in [1.54, 1.807) is 16.8 Å². The number of carbonyl (C=O) groups excluding carboxylic acids is 1. The Bertz CT molecular complexity index is 982. The van der Waals surface area contributed by atoms with Crippen LogP contribution in [-0.4, -0.2) is 22.3 Å². The van der Waals surface area contributed by atoms with E-state index in [9.17, 15) is 18.0 Å².